The van der Waals surface area contributed by atoms with Crippen LogP contribution in [-0.4, -0.2) is 37.8 Å². The van der Waals surface area contributed by atoms with Crippen molar-refractivity contribution in [3.63, 3.8) is 0 Å². The highest BCUT2D eigenvalue weighted by atomic mass is 16.5. The van der Waals surface area contributed by atoms with Crippen LogP contribution < -0.4 is 4.74 Å². The van der Waals surface area contributed by atoms with Crippen molar-refractivity contribution in [2.75, 3.05) is 21.2 Å². The van der Waals surface area contributed by atoms with Gasteiger partial charge < -0.3 is 9.64 Å². The van der Waals surface area contributed by atoms with E-state index >= 15 is 0 Å². The number of ketones is 1. The van der Waals surface area contributed by atoms with Gasteiger partial charge in [0.2, 0.25) is 5.91 Å². The van der Waals surface area contributed by atoms with Crippen molar-refractivity contribution in [3.05, 3.63) is 29.8 Å². The standard InChI is InChI=1S/C16H21NO3/c1-17(2)15(19)16(10-8-13(18)9-11-16)12-4-6-14(20-3)7-5-12/h4-7H,8-11H2,1-3H3. The summed E-state index contributed by atoms with van der Waals surface area (Å²) in [6.45, 7) is 0. The molecule has 1 aliphatic carbocycles. The molecule has 0 spiro atoms. The normalized spacial score (nSPS) is 17.6. The minimum atomic E-state index is -0.566. The maximum Gasteiger partial charge on any atom is 0.232 e. The molecular formula is C16H21NO3. The molecule has 1 amide bonds. The Morgan fingerprint density at radius 1 is 1.15 bits per heavy atom. The average Bonchev–Trinajstić information content (AvgIpc) is 2.48. The van der Waals surface area contributed by atoms with E-state index in [9.17, 15) is 9.59 Å². The lowest BCUT2D eigenvalue weighted by molar-refractivity contribution is -0.137. The van der Waals surface area contributed by atoms with E-state index in [-0.39, 0.29) is 11.7 Å². The van der Waals surface area contributed by atoms with E-state index in [0.29, 0.717) is 25.7 Å². The molecule has 0 unspecified atom stereocenters. The smallest absolute Gasteiger partial charge is 0.232 e. The van der Waals surface area contributed by atoms with Gasteiger partial charge in [0.1, 0.15) is 11.5 Å². The zero-order valence-electron chi connectivity index (χ0n) is 12.3. The fraction of sp³-hybridized carbons (Fsp3) is 0.500. The van der Waals surface area contributed by atoms with Gasteiger partial charge in [-0.05, 0) is 30.5 Å². The van der Waals surface area contributed by atoms with Gasteiger partial charge in [-0.3, -0.25) is 9.59 Å². The first kappa shape index (κ1) is 14.6. The molecule has 1 saturated carbocycles. The molecule has 4 heteroatoms. The summed E-state index contributed by atoms with van der Waals surface area (Å²) in [4.78, 5) is 25.8. The van der Waals surface area contributed by atoms with Crippen molar-refractivity contribution < 1.29 is 14.3 Å². The van der Waals surface area contributed by atoms with Crippen LogP contribution in [0.2, 0.25) is 0 Å². The molecule has 0 saturated heterocycles. The maximum atomic E-state index is 12.7. The predicted molar refractivity (Wildman–Crippen MR) is 76.8 cm³/mol. The number of carbonyl (C=O) groups is 2. The Morgan fingerprint density at radius 2 is 1.70 bits per heavy atom. The van der Waals surface area contributed by atoms with Crippen LogP contribution in [0.3, 0.4) is 0 Å². The number of carbonyl (C=O) groups excluding carboxylic acids is 2. The second-order valence-electron chi connectivity index (χ2n) is 5.55. The summed E-state index contributed by atoms with van der Waals surface area (Å²) < 4.78 is 5.16. The topological polar surface area (TPSA) is 46.6 Å². The number of Topliss-reactive ketones (excluding diaryl/α,β-unsaturated/α-hetero) is 1. The van der Waals surface area contributed by atoms with E-state index in [4.69, 9.17) is 4.74 Å². The Kier molecular flexibility index (Phi) is 4.12. The maximum absolute atomic E-state index is 12.7. The molecule has 0 radical (unpaired) electrons. The van der Waals surface area contributed by atoms with Gasteiger partial charge in [-0.15, -0.1) is 0 Å². The summed E-state index contributed by atoms with van der Waals surface area (Å²) in [5, 5.41) is 0. The first-order chi connectivity index (χ1) is 9.49. The van der Waals surface area contributed by atoms with Crippen molar-refractivity contribution in [1.29, 1.82) is 0 Å². The molecular weight excluding hydrogens is 254 g/mol. The van der Waals surface area contributed by atoms with E-state index in [0.717, 1.165) is 11.3 Å². The van der Waals surface area contributed by atoms with Crippen molar-refractivity contribution >= 4 is 11.7 Å². The summed E-state index contributed by atoms with van der Waals surface area (Å²) in [5.41, 5.74) is 0.411. The molecule has 1 aromatic carbocycles. The molecule has 1 aliphatic rings. The summed E-state index contributed by atoms with van der Waals surface area (Å²) in [6.07, 6.45) is 2.14. The molecule has 1 fully saturated rings. The zero-order valence-corrected chi connectivity index (χ0v) is 12.3. The highest BCUT2D eigenvalue weighted by Crippen LogP contribution is 2.40. The van der Waals surface area contributed by atoms with Gasteiger partial charge in [0.15, 0.2) is 0 Å². The third-order valence-electron chi connectivity index (χ3n) is 4.12. The van der Waals surface area contributed by atoms with E-state index in [2.05, 4.69) is 0 Å². The monoisotopic (exact) mass is 275 g/mol. The number of nitrogens with zero attached hydrogens (tertiary/aromatic N) is 1. The van der Waals surface area contributed by atoms with Crippen molar-refractivity contribution in [2.24, 2.45) is 0 Å². The number of methoxy groups -OCH3 is 1. The van der Waals surface area contributed by atoms with Gasteiger partial charge in [-0.1, -0.05) is 12.1 Å². The number of benzene rings is 1. The van der Waals surface area contributed by atoms with Crippen LogP contribution in [0.1, 0.15) is 31.2 Å². The lowest BCUT2D eigenvalue weighted by Gasteiger charge is -2.37. The number of hydrogen-bond donors (Lipinski definition) is 0. The largest absolute Gasteiger partial charge is 0.497 e. The van der Waals surface area contributed by atoms with Crippen LogP contribution in [-0.2, 0) is 15.0 Å². The van der Waals surface area contributed by atoms with Gasteiger partial charge in [-0.25, -0.2) is 0 Å². The Hall–Kier alpha value is -1.84. The number of likely N-dealkylation sites (N-methyl/N-ethyl adjacent to an activating group) is 1. The third kappa shape index (κ3) is 2.55. The summed E-state index contributed by atoms with van der Waals surface area (Å²) in [6, 6.07) is 7.62. The lowest BCUT2D eigenvalue weighted by atomic mass is 9.68. The number of amides is 1. The van der Waals surface area contributed by atoms with E-state index < -0.39 is 5.41 Å². The molecule has 0 aliphatic heterocycles. The van der Waals surface area contributed by atoms with Gasteiger partial charge in [0.05, 0.1) is 12.5 Å². The van der Waals surface area contributed by atoms with Crippen LogP contribution in [0.25, 0.3) is 0 Å². The van der Waals surface area contributed by atoms with Gasteiger partial charge in [0.25, 0.3) is 0 Å². The summed E-state index contributed by atoms with van der Waals surface area (Å²) in [7, 11) is 5.16. The van der Waals surface area contributed by atoms with E-state index in [1.807, 2.05) is 24.3 Å². The molecule has 108 valence electrons. The zero-order chi connectivity index (χ0) is 14.8. The van der Waals surface area contributed by atoms with Gasteiger partial charge in [0, 0.05) is 26.9 Å². The van der Waals surface area contributed by atoms with Crippen LogP contribution >= 0.6 is 0 Å². The molecule has 0 heterocycles. The minimum absolute atomic E-state index is 0.0789. The quantitative estimate of drug-likeness (QED) is 0.849. The fourth-order valence-electron chi connectivity index (χ4n) is 2.92. The fourth-order valence-corrected chi connectivity index (χ4v) is 2.92. The summed E-state index contributed by atoms with van der Waals surface area (Å²) in [5.74, 6) is 1.10. The number of hydrogen-bond acceptors (Lipinski definition) is 3. The van der Waals surface area contributed by atoms with Crippen molar-refractivity contribution in [1.82, 2.24) is 4.90 Å². The molecule has 4 nitrogen and oxygen atoms in total. The van der Waals surface area contributed by atoms with Crippen LogP contribution in [0.15, 0.2) is 24.3 Å². The molecule has 0 aromatic heterocycles. The molecule has 0 bridgehead atoms. The molecule has 20 heavy (non-hydrogen) atoms. The average molecular weight is 275 g/mol. The van der Waals surface area contributed by atoms with Gasteiger partial charge in [-0.2, -0.15) is 0 Å². The minimum Gasteiger partial charge on any atom is -0.497 e. The van der Waals surface area contributed by atoms with Crippen LogP contribution in [0.4, 0.5) is 0 Å². The Morgan fingerprint density at radius 3 is 2.15 bits per heavy atom. The number of ether oxygens (including phenoxy) is 1. The van der Waals surface area contributed by atoms with Crippen molar-refractivity contribution in [2.45, 2.75) is 31.1 Å². The molecule has 1 aromatic rings. The summed E-state index contributed by atoms with van der Waals surface area (Å²) >= 11 is 0. The first-order valence-corrected chi connectivity index (χ1v) is 6.87. The SMILES string of the molecule is COc1ccc(C2(C(=O)N(C)C)CCC(=O)CC2)cc1. The second kappa shape index (κ2) is 5.65. The number of rotatable bonds is 3. The Balaban J connectivity index is 2.40. The highest BCUT2D eigenvalue weighted by molar-refractivity contribution is 5.91. The van der Waals surface area contributed by atoms with Crippen molar-refractivity contribution in [3.8, 4) is 5.75 Å². The third-order valence-corrected chi connectivity index (χ3v) is 4.12. The molecule has 2 rings (SSSR count). The Bertz CT molecular complexity index is 495. The van der Waals surface area contributed by atoms with E-state index in [1.165, 1.54) is 0 Å². The highest BCUT2D eigenvalue weighted by Gasteiger charge is 2.43. The molecule has 0 N–H and O–H groups in total. The second-order valence-corrected chi connectivity index (χ2v) is 5.55. The molecule has 0 atom stereocenters. The van der Waals surface area contributed by atoms with Crippen LogP contribution in [0, 0.1) is 0 Å². The first-order valence-electron chi connectivity index (χ1n) is 6.87. The van der Waals surface area contributed by atoms with Gasteiger partial charge >= 0.3 is 0 Å². The van der Waals surface area contributed by atoms with E-state index in [1.54, 1.807) is 26.1 Å². The Labute approximate surface area is 119 Å². The lowest BCUT2D eigenvalue weighted by Crippen LogP contribution is -2.46. The van der Waals surface area contributed by atoms with Crippen LogP contribution in [0.5, 0.6) is 5.75 Å². The predicted octanol–water partition coefficient (Wildman–Crippen LogP) is 2.16.